The molecule has 1 fully saturated rings. The summed E-state index contributed by atoms with van der Waals surface area (Å²) >= 11 is 7.81. The molecule has 0 saturated carbocycles. The van der Waals surface area contributed by atoms with Crippen molar-refractivity contribution in [1.29, 1.82) is 0 Å². The molecule has 1 saturated heterocycles. The maximum absolute atomic E-state index is 6.29. The first-order chi connectivity index (χ1) is 16.3. The SMILES string of the molecule is Clc1ccccc1Oc1cccc2c1NC(=NCc1ccccc1CN1CCOCC1)NS2. The Kier molecular flexibility index (Phi) is 7.02. The van der Waals surface area contributed by atoms with E-state index in [1.807, 2.05) is 42.5 Å². The number of rotatable bonds is 6. The van der Waals surface area contributed by atoms with Crippen molar-refractivity contribution in [3.05, 3.63) is 82.9 Å². The van der Waals surface area contributed by atoms with Crippen molar-refractivity contribution in [2.45, 2.75) is 18.0 Å². The molecular weight excluding hydrogens is 456 g/mol. The van der Waals surface area contributed by atoms with Crippen molar-refractivity contribution in [2.24, 2.45) is 4.99 Å². The highest BCUT2D eigenvalue weighted by Gasteiger charge is 2.19. The lowest BCUT2D eigenvalue weighted by atomic mass is 10.1. The summed E-state index contributed by atoms with van der Waals surface area (Å²) in [5, 5.41) is 3.97. The van der Waals surface area contributed by atoms with Crippen LogP contribution in [0.2, 0.25) is 5.02 Å². The number of anilines is 1. The van der Waals surface area contributed by atoms with Crippen LogP contribution in [0.3, 0.4) is 0 Å². The number of nitrogens with zero attached hydrogens (tertiary/aromatic N) is 2. The van der Waals surface area contributed by atoms with Crippen LogP contribution in [0.4, 0.5) is 5.69 Å². The second-order valence-corrected chi connectivity index (χ2v) is 9.07. The molecule has 2 aliphatic heterocycles. The van der Waals surface area contributed by atoms with Crippen molar-refractivity contribution in [3.8, 4) is 11.5 Å². The summed E-state index contributed by atoms with van der Waals surface area (Å²) in [6, 6.07) is 21.9. The summed E-state index contributed by atoms with van der Waals surface area (Å²) in [5.74, 6) is 2.02. The van der Waals surface area contributed by atoms with E-state index in [0.29, 0.717) is 29.0 Å². The fraction of sp³-hybridized carbons (Fsp3) is 0.240. The Morgan fingerprint density at radius 1 is 0.939 bits per heavy atom. The van der Waals surface area contributed by atoms with Crippen LogP contribution in [0.1, 0.15) is 11.1 Å². The first kappa shape index (κ1) is 22.1. The zero-order valence-corrected chi connectivity index (χ0v) is 19.7. The number of halogens is 1. The predicted octanol–water partition coefficient (Wildman–Crippen LogP) is 5.54. The van der Waals surface area contributed by atoms with Gasteiger partial charge in [-0.05, 0) is 47.3 Å². The molecule has 0 aromatic heterocycles. The zero-order chi connectivity index (χ0) is 22.5. The van der Waals surface area contributed by atoms with Crippen molar-refractivity contribution < 1.29 is 9.47 Å². The molecule has 3 aromatic rings. The summed E-state index contributed by atoms with van der Waals surface area (Å²) in [7, 11) is 0. The highest BCUT2D eigenvalue weighted by atomic mass is 35.5. The second-order valence-electron chi connectivity index (χ2n) is 7.81. The van der Waals surface area contributed by atoms with E-state index < -0.39 is 0 Å². The molecule has 170 valence electrons. The zero-order valence-electron chi connectivity index (χ0n) is 18.1. The fourth-order valence-corrected chi connectivity index (χ4v) is 4.70. The normalized spacial score (nSPS) is 17.2. The minimum Gasteiger partial charge on any atom is -0.454 e. The lowest BCUT2D eigenvalue weighted by Crippen LogP contribution is -2.35. The Hall–Kier alpha value is -2.71. The van der Waals surface area contributed by atoms with E-state index in [2.05, 4.69) is 39.2 Å². The molecule has 6 nitrogen and oxygen atoms in total. The maximum atomic E-state index is 6.29. The van der Waals surface area contributed by atoms with Crippen LogP contribution in [-0.2, 0) is 17.8 Å². The number of hydrogen-bond acceptors (Lipinski definition) is 5. The predicted molar refractivity (Wildman–Crippen MR) is 134 cm³/mol. The molecule has 2 heterocycles. The van der Waals surface area contributed by atoms with E-state index in [4.69, 9.17) is 26.1 Å². The molecule has 2 N–H and O–H groups in total. The van der Waals surface area contributed by atoms with Gasteiger partial charge in [-0.3, -0.25) is 9.62 Å². The van der Waals surface area contributed by atoms with E-state index in [9.17, 15) is 0 Å². The van der Waals surface area contributed by atoms with E-state index in [-0.39, 0.29) is 0 Å². The standard InChI is InChI=1S/C25H25ClN4O2S/c26-20-8-3-4-9-21(20)32-22-10-5-11-23-24(22)28-25(29-33-23)27-16-18-6-1-2-7-19(18)17-30-12-14-31-15-13-30/h1-11H,12-17H2,(H2,27,28,29). The number of guanidine groups is 1. The third kappa shape index (κ3) is 5.45. The van der Waals surface area contributed by atoms with Gasteiger partial charge in [0.05, 0.1) is 35.4 Å². The largest absolute Gasteiger partial charge is 0.454 e. The summed E-state index contributed by atoms with van der Waals surface area (Å²) in [6.45, 7) is 5.03. The second kappa shape index (κ2) is 10.5. The third-order valence-corrected chi connectivity index (χ3v) is 6.74. The first-order valence-electron chi connectivity index (χ1n) is 10.9. The highest BCUT2D eigenvalue weighted by Crippen LogP contribution is 2.40. The van der Waals surface area contributed by atoms with Crippen LogP contribution in [0, 0.1) is 0 Å². The van der Waals surface area contributed by atoms with Crippen molar-refractivity contribution in [1.82, 2.24) is 9.62 Å². The van der Waals surface area contributed by atoms with Gasteiger partial charge >= 0.3 is 0 Å². The average Bonchev–Trinajstić information content (AvgIpc) is 2.86. The van der Waals surface area contributed by atoms with Crippen LogP contribution < -0.4 is 14.8 Å². The summed E-state index contributed by atoms with van der Waals surface area (Å²) in [6.07, 6.45) is 0. The number of benzene rings is 3. The van der Waals surface area contributed by atoms with E-state index >= 15 is 0 Å². The fourth-order valence-electron chi connectivity index (χ4n) is 3.80. The number of morpholine rings is 1. The minimum absolute atomic E-state index is 0.572. The van der Waals surface area contributed by atoms with E-state index in [1.54, 1.807) is 0 Å². The monoisotopic (exact) mass is 480 g/mol. The maximum Gasteiger partial charge on any atom is 0.206 e. The van der Waals surface area contributed by atoms with Crippen LogP contribution in [0.15, 0.2) is 76.6 Å². The molecule has 5 rings (SSSR count). The Labute approximate surface area is 203 Å². The first-order valence-corrected chi connectivity index (χ1v) is 12.1. The average molecular weight is 481 g/mol. The van der Waals surface area contributed by atoms with Crippen LogP contribution in [0.25, 0.3) is 0 Å². The number of para-hydroxylation sites is 2. The van der Waals surface area contributed by atoms with E-state index in [1.165, 1.54) is 23.1 Å². The number of fused-ring (bicyclic) bond motifs is 1. The van der Waals surface area contributed by atoms with Gasteiger partial charge in [0, 0.05) is 19.6 Å². The summed E-state index contributed by atoms with van der Waals surface area (Å²) < 4.78 is 14.9. The smallest absolute Gasteiger partial charge is 0.206 e. The van der Waals surface area contributed by atoms with Gasteiger partial charge in [0.1, 0.15) is 5.75 Å². The van der Waals surface area contributed by atoms with Crippen molar-refractivity contribution >= 4 is 35.2 Å². The molecule has 0 aliphatic carbocycles. The number of nitrogens with one attached hydrogen (secondary N) is 2. The molecule has 0 unspecified atom stereocenters. The molecule has 8 heteroatoms. The van der Waals surface area contributed by atoms with Gasteiger partial charge in [0.15, 0.2) is 5.75 Å². The molecular formula is C25H25ClN4O2S. The Balaban J connectivity index is 1.32. The van der Waals surface area contributed by atoms with Crippen molar-refractivity contribution in [2.75, 3.05) is 31.6 Å². The molecule has 0 radical (unpaired) electrons. The Bertz CT molecular complexity index is 1150. The molecule has 0 bridgehead atoms. The molecule has 0 spiro atoms. The third-order valence-electron chi connectivity index (χ3n) is 5.57. The van der Waals surface area contributed by atoms with Gasteiger partial charge in [-0.15, -0.1) is 0 Å². The number of ether oxygens (including phenoxy) is 2. The van der Waals surface area contributed by atoms with Gasteiger partial charge in [-0.1, -0.05) is 54.1 Å². The summed E-state index contributed by atoms with van der Waals surface area (Å²) in [4.78, 5) is 8.28. The van der Waals surface area contributed by atoms with Crippen LogP contribution >= 0.6 is 23.5 Å². The van der Waals surface area contributed by atoms with Gasteiger partial charge in [-0.2, -0.15) is 0 Å². The van der Waals surface area contributed by atoms with Gasteiger partial charge in [0.25, 0.3) is 0 Å². The van der Waals surface area contributed by atoms with Crippen molar-refractivity contribution in [3.63, 3.8) is 0 Å². The molecule has 0 atom stereocenters. The van der Waals surface area contributed by atoms with Gasteiger partial charge < -0.3 is 14.8 Å². The lowest BCUT2D eigenvalue weighted by Gasteiger charge is -2.27. The quantitative estimate of drug-likeness (QED) is 0.451. The lowest BCUT2D eigenvalue weighted by molar-refractivity contribution is 0.0341. The minimum atomic E-state index is 0.572. The molecule has 2 aliphatic rings. The molecule has 0 amide bonds. The van der Waals surface area contributed by atoms with Crippen LogP contribution in [0.5, 0.6) is 11.5 Å². The topological polar surface area (TPSA) is 58.1 Å². The van der Waals surface area contributed by atoms with Gasteiger partial charge in [0.2, 0.25) is 5.96 Å². The van der Waals surface area contributed by atoms with Crippen LogP contribution in [-0.4, -0.2) is 37.2 Å². The highest BCUT2D eigenvalue weighted by molar-refractivity contribution is 7.98. The number of hydrogen-bond donors (Lipinski definition) is 2. The molecule has 33 heavy (non-hydrogen) atoms. The van der Waals surface area contributed by atoms with E-state index in [0.717, 1.165) is 43.4 Å². The Morgan fingerprint density at radius 2 is 1.70 bits per heavy atom. The number of aliphatic imine (C=N–C) groups is 1. The van der Waals surface area contributed by atoms with Gasteiger partial charge in [-0.25, -0.2) is 4.99 Å². The molecule has 3 aromatic carbocycles. The summed E-state index contributed by atoms with van der Waals surface area (Å²) in [5.41, 5.74) is 3.40. The Morgan fingerprint density at radius 3 is 2.55 bits per heavy atom.